The number of hydrogen-bond donors (Lipinski definition) is 3. The Kier molecular flexibility index (Phi) is 8.09. The van der Waals surface area contributed by atoms with E-state index in [0.29, 0.717) is 0 Å². The molecule has 0 radical (unpaired) electrons. The summed E-state index contributed by atoms with van der Waals surface area (Å²) >= 11 is 3.35. The molecule has 8 heteroatoms. The number of halogens is 1. The molecule has 0 aliphatic heterocycles. The van der Waals surface area contributed by atoms with Gasteiger partial charge in [0.1, 0.15) is 6.04 Å². The molecule has 7 nitrogen and oxygen atoms in total. The van der Waals surface area contributed by atoms with Crippen LogP contribution in [0.15, 0.2) is 59.1 Å². The van der Waals surface area contributed by atoms with Gasteiger partial charge in [-0.2, -0.15) is 0 Å². The molecule has 2 rings (SSSR count). The number of rotatable bonds is 9. The van der Waals surface area contributed by atoms with Crippen LogP contribution in [0.3, 0.4) is 0 Å². The predicted molar refractivity (Wildman–Crippen MR) is 112 cm³/mol. The van der Waals surface area contributed by atoms with Crippen LogP contribution < -0.4 is 16.4 Å². The molecule has 1 unspecified atom stereocenters. The highest BCUT2D eigenvalue weighted by atomic mass is 79.9. The highest BCUT2D eigenvalue weighted by Crippen LogP contribution is 2.12. The van der Waals surface area contributed by atoms with E-state index in [2.05, 4.69) is 26.6 Å². The van der Waals surface area contributed by atoms with E-state index in [-0.39, 0.29) is 18.7 Å². The van der Waals surface area contributed by atoms with Gasteiger partial charge in [0.2, 0.25) is 17.6 Å². The van der Waals surface area contributed by atoms with Gasteiger partial charge in [0.25, 0.3) is 5.91 Å². The van der Waals surface area contributed by atoms with Gasteiger partial charge in [0.15, 0.2) is 0 Å². The Morgan fingerprint density at radius 2 is 1.55 bits per heavy atom. The Balaban J connectivity index is 2.12. The highest BCUT2D eigenvalue weighted by Gasteiger charge is 2.26. The third-order valence-corrected chi connectivity index (χ3v) is 4.74. The fourth-order valence-electron chi connectivity index (χ4n) is 2.69. The van der Waals surface area contributed by atoms with Crippen molar-refractivity contribution in [3.05, 3.63) is 70.2 Å². The second-order valence-corrected chi connectivity index (χ2v) is 7.49. The second-order valence-electron chi connectivity index (χ2n) is 6.57. The molecule has 2 aromatic rings. The summed E-state index contributed by atoms with van der Waals surface area (Å²) in [5, 5.41) is 5.16. The lowest BCUT2D eigenvalue weighted by atomic mass is 10.0. The van der Waals surface area contributed by atoms with Gasteiger partial charge in [-0.05, 0) is 30.2 Å². The van der Waals surface area contributed by atoms with E-state index < -0.39 is 29.7 Å². The average Bonchev–Trinajstić information content (AvgIpc) is 2.69. The molecule has 2 aromatic carbocycles. The van der Waals surface area contributed by atoms with Crippen LogP contribution in [0.4, 0.5) is 0 Å². The number of benzene rings is 2. The summed E-state index contributed by atoms with van der Waals surface area (Å²) in [5.41, 5.74) is 6.61. The molecular weight excluding hydrogens is 438 g/mol. The fraction of sp³-hybridized carbons (Fsp3) is 0.238. The van der Waals surface area contributed by atoms with E-state index in [4.69, 9.17) is 5.73 Å². The maximum absolute atomic E-state index is 12.7. The zero-order chi connectivity index (χ0) is 21.4. The Bertz CT molecular complexity index is 885. The van der Waals surface area contributed by atoms with Crippen molar-refractivity contribution in [2.24, 2.45) is 5.73 Å². The summed E-state index contributed by atoms with van der Waals surface area (Å²) in [7, 11) is 0. The summed E-state index contributed by atoms with van der Waals surface area (Å²) in [4.78, 5) is 47.9. The maximum Gasteiger partial charge on any atom is 0.287 e. The molecule has 0 saturated carbocycles. The number of carbonyl (C=O) groups excluding carboxylic acids is 4. The lowest BCUT2D eigenvalue weighted by Gasteiger charge is -2.21. The monoisotopic (exact) mass is 459 g/mol. The molecule has 0 aliphatic carbocycles. The Hall–Kier alpha value is -3.00. The van der Waals surface area contributed by atoms with Crippen LogP contribution in [0.25, 0.3) is 0 Å². The van der Waals surface area contributed by atoms with Crippen LogP contribution in [0.5, 0.6) is 0 Å². The molecule has 3 amide bonds. The smallest absolute Gasteiger partial charge is 0.287 e. The molecule has 152 valence electrons. The number of nitrogens with one attached hydrogen (secondary N) is 2. The first-order valence-corrected chi connectivity index (χ1v) is 9.77. The zero-order valence-electron chi connectivity index (χ0n) is 15.9. The molecule has 2 atom stereocenters. The third-order valence-electron chi connectivity index (χ3n) is 4.21. The van der Waals surface area contributed by atoms with Crippen molar-refractivity contribution in [1.29, 1.82) is 0 Å². The number of amides is 3. The van der Waals surface area contributed by atoms with E-state index in [1.165, 1.54) is 6.92 Å². The number of hydrogen-bond acceptors (Lipinski definition) is 4. The van der Waals surface area contributed by atoms with Crippen LogP contribution in [-0.2, 0) is 32.0 Å². The molecule has 0 spiro atoms. The molecule has 0 bridgehead atoms. The topological polar surface area (TPSA) is 118 Å². The Labute approximate surface area is 177 Å². The van der Waals surface area contributed by atoms with Crippen molar-refractivity contribution in [2.75, 3.05) is 0 Å². The SMILES string of the molecule is CC(NC(=O)[C@H](Cc1ccc(Br)cc1)NC(=O)Cc1ccccc1)C(=O)C(N)=O. The van der Waals surface area contributed by atoms with Gasteiger partial charge in [-0.25, -0.2) is 0 Å². The first kappa shape index (κ1) is 22.3. The zero-order valence-corrected chi connectivity index (χ0v) is 17.4. The van der Waals surface area contributed by atoms with E-state index >= 15 is 0 Å². The van der Waals surface area contributed by atoms with Crippen LogP contribution in [0.2, 0.25) is 0 Å². The summed E-state index contributed by atoms with van der Waals surface area (Å²) in [5.74, 6) is -2.94. The number of Topliss-reactive ketones (excluding diaryl/α,β-unsaturated/α-hetero) is 1. The first-order chi connectivity index (χ1) is 13.8. The number of primary amides is 1. The third kappa shape index (κ3) is 7.15. The minimum absolute atomic E-state index is 0.112. The van der Waals surface area contributed by atoms with E-state index in [0.717, 1.165) is 15.6 Å². The van der Waals surface area contributed by atoms with Gasteiger partial charge >= 0.3 is 0 Å². The number of nitrogens with two attached hydrogens (primary N) is 1. The van der Waals surface area contributed by atoms with Crippen LogP contribution in [-0.4, -0.2) is 35.6 Å². The summed E-state index contributed by atoms with van der Waals surface area (Å²) in [6.45, 7) is 1.37. The molecule has 4 N–H and O–H groups in total. The quantitative estimate of drug-likeness (QED) is 0.489. The van der Waals surface area contributed by atoms with Gasteiger partial charge < -0.3 is 16.4 Å². The molecule has 0 aliphatic rings. The summed E-state index contributed by atoms with van der Waals surface area (Å²) < 4.78 is 0.885. The normalized spacial score (nSPS) is 12.5. The van der Waals surface area contributed by atoms with Crippen LogP contribution >= 0.6 is 15.9 Å². The maximum atomic E-state index is 12.7. The Morgan fingerprint density at radius 1 is 0.931 bits per heavy atom. The lowest BCUT2D eigenvalue weighted by Crippen LogP contribution is -2.53. The van der Waals surface area contributed by atoms with Gasteiger partial charge in [0, 0.05) is 10.9 Å². The average molecular weight is 460 g/mol. The largest absolute Gasteiger partial charge is 0.363 e. The summed E-state index contributed by atoms with van der Waals surface area (Å²) in [6, 6.07) is 14.4. The second kappa shape index (κ2) is 10.5. The predicted octanol–water partition coefficient (Wildman–Crippen LogP) is 1.28. The van der Waals surface area contributed by atoms with Crippen molar-refractivity contribution in [3.63, 3.8) is 0 Å². The van der Waals surface area contributed by atoms with Gasteiger partial charge in [-0.3, -0.25) is 19.2 Å². The number of carbonyl (C=O) groups is 4. The van der Waals surface area contributed by atoms with Crippen LogP contribution in [0, 0.1) is 0 Å². The van der Waals surface area contributed by atoms with Crippen molar-refractivity contribution in [3.8, 4) is 0 Å². The van der Waals surface area contributed by atoms with Crippen LogP contribution in [0.1, 0.15) is 18.1 Å². The molecule has 29 heavy (non-hydrogen) atoms. The van der Waals surface area contributed by atoms with Crippen molar-refractivity contribution in [2.45, 2.75) is 31.8 Å². The van der Waals surface area contributed by atoms with E-state index in [1.54, 1.807) is 0 Å². The standard InChI is InChI=1S/C21H22BrN3O4/c1-13(19(27)20(23)28)24-21(29)17(11-15-7-9-16(22)10-8-15)25-18(26)12-14-5-3-2-4-6-14/h2-10,13,17H,11-12H2,1H3,(H2,23,28)(H,24,29)(H,25,26)/t13?,17-/m0/s1. The minimum Gasteiger partial charge on any atom is -0.363 e. The van der Waals surface area contributed by atoms with Crippen molar-refractivity contribution < 1.29 is 19.2 Å². The van der Waals surface area contributed by atoms with Crippen molar-refractivity contribution in [1.82, 2.24) is 10.6 Å². The molecule has 0 fully saturated rings. The molecule has 0 aromatic heterocycles. The van der Waals surface area contributed by atoms with E-state index in [1.807, 2.05) is 54.6 Å². The number of ketones is 1. The molecule has 0 heterocycles. The van der Waals surface area contributed by atoms with E-state index in [9.17, 15) is 19.2 Å². The first-order valence-electron chi connectivity index (χ1n) is 8.98. The Morgan fingerprint density at radius 3 is 2.14 bits per heavy atom. The lowest BCUT2D eigenvalue weighted by molar-refractivity contribution is -0.138. The molecular formula is C21H22BrN3O4. The molecule has 0 saturated heterocycles. The summed E-state index contributed by atoms with van der Waals surface area (Å²) in [6.07, 6.45) is 0.331. The highest BCUT2D eigenvalue weighted by molar-refractivity contribution is 9.10. The van der Waals surface area contributed by atoms with Gasteiger partial charge in [-0.1, -0.05) is 58.4 Å². The fourth-order valence-corrected chi connectivity index (χ4v) is 2.95. The minimum atomic E-state index is -1.13. The van der Waals surface area contributed by atoms with Crippen molar-refractivity contribution >= 4 is 39.4 Å². The van der Waals surface area contributed by atoms with Gasteiger partial charge in [-0.15, -0.1) is 0 Å². The van der Waals surface area contributed by atoms with Gasteiger partial charge in [0.05, 0.1) is 12.5 Å².